The first kappa shape index (κ1) is 24.3. The third kappa shape index (κ3) is 5.38. The van der Waals surface area contributed by atoms with Crippen LogP contribution in [0.1, 0.15) is 32.9 Å². The number of aromatic nitrogens is 1. The minimum Gasteiger partial charge on any atom is -0.479 e. The Morgan fingerprint density at radius 3 is 2.52 bits per heavy atom. The summed E-state index contributed by atoms with van der Waals surface area (Å²) in [5.74, 6) is -4.74. The maximum absolute atomic E-state index is 13.0. The molecule has 0 bridgehead atoms. The van der Waals surface area contributed by atoms with Crippen molar-refractivity contribution in [2.75, 3.05) is 12.3 Å². The summed E-state index contributed by atoms with van der Waals surface area (Å²) in [7, 11) is 0. The molecule has 0 saturated carbocycles. The molecule has 14 heteroatoms. The lowest BCUT2D eigenvalue weighted by molar-refractivity contribution is -0.293. The van der Waals surface area contributed by atoms with E-state index in [1.165, 1.54) is 19.2 Å². The lowest BCUT2D eigenvalue weighted by atomic mass is 9.74. The van der Waals surface area contributed by atoms with Crippen molar-refractivity contribution in [1.82, 2.24) is 10.0 Å². The summed E-state index contributed by atoms with van der Waals surface area (Å²) in [6.45, 7) is 3.06. The number of β-lactam (4-membered cyclic amide) rings is 1. The summed E-state index contributed by atoms with van der Waals surface area (Å²) < 4.78 is 26.0. The molecule has 1 aliphatic rings. The van der Waals surface area contributed by atoms with Crippen molar-refractivity contribution >= 4 is 45.6 Å². The van der Waals surface area contributed by atoms with Gasteiger partial charge < -0.3 is 15.7 Å². The first-order chi connectivity index (χ1) is 14.4. The van der Waals surface area contributed by atoms with Crippen molar-refractivity contribution in [3.8, 4) is 0 Å². The van der Waals surface area contributed by atoms with Crippen LogP contribution < -0.4 is 5.73 Å². The van der Waals surface area contributed by atoms with Crippen molar-refractivity contribution in [2.24, 2.45) is 11.1 Å². The number of carbonyl (C=O) groups excluding carboxylic acids is 3. The zero-order valence-electron chi connectivity index (χ0n) is 16.7. The van der Waals surface area contributed by atoms with E-state index in [9.17, 15) is 28.0 Å². The number of amides is 1. The fourth-order valence-electron chi connectivity index (χ4n) is 2.81. The zero-order valence-corrected chi connectivity index (χ0v) is 17.5. The molecule has 3 N–H and O–H groups in total. The number of hydrogen-bond acceptors (Lipinski definition) is 10. The number of thiazole rings is 1. The molecule has 11 nitrogen and oxygen atoms in total. The summed E-state index contributed by atoms with van der Waals surface area (Å²) in [6, 6.07) is 0. The third-order valence-corrected chi connectivity index (χ3v) is 5.16. The van der Waals surface area contributed by atoms with Crippen molar-refractivity contribution < 1.29 is 42.7 Å². The Hall–Kier alpha value is -3.00. The van der Waals surface area contributed by atoms with Gasteiger partial charge in [-0.2, -0.15) is 0 Å². The number of aliphatic carboxylic acids is 1. The van der Waals surface area contributed by atoms with Crippen LogP contribution in [0.4, 0.5) is 13.9 Å². The second-order valence-corrected chi connectivity index (χ2v) is 8.01. The molecule has 170 valence electrons. The number of carboxylic acid groups (broad SMARTS) is 1. The van der Waals surface area contributed by atoms with Gasteiger partial charge in [0, 0.05) is 11.8 Å². The Bertz CT molecular complexity index is 918. The molecule has 0 aromatic carbocycles. The average molecular weight is 462 g/mol. The van der Waals surface area contributed by atoms with Crippen LogP contribution in [-0.4, -0.2) is 69.0 Å². The number of hydrogen-bond donors (Lipinski definition) is 2. The van der Waals surface area contributed by atoms with Crippen LogP contribution in [0.5, 0.6) is 0 Å². The van der Waals surface area contributed by atoms with Gasteiger partial charge in [-0.1, -0.05) is 5.16 Å². The highest BCUT2D eigenvalue weighted by Gasteiger charge is 2.57. The van der Waals surface area contributed by atoms with Crippen molar-refractivity contribution in [3.63, 3.8) is 0 Å². The number of carbonyl (C=O) groups is 4. The Kier molecular flexibility index (Phi) is 7.38. The van der Waals surface area contributed by atoms with E-state index in [1.807, 2.05) is 0 Å². The topological polar surface area (TPSA) is 161 Å². The SMILES string of the molecule is CC(=O)C(ON1C(=O)[C@@H](CC(=O)/C(=N\OCC(=O)O)c2csc(N)n2)C1(C)C)C(F)F. The lowest BCUT2D eigenvalue weighted by Crippen LogP contribution is -2.69. The van der Waals surface area contributed by atoms with Gasteiger partial charge >= 0.3 is 5.97 Å². The number of hydroxylamine groups is 2. The molecule has 2 rings (SSSR count). The van der Waals surface area contributed by atoms with Gasteiger partial charge in [-0.3, -0.25) is 19.2 Å². The van der Waals surface area contributed by atoms with Gasteiger partial charge in [-0.25, -0.2) is 23.6 Å². The van der Waals surface area contributed by atoms with Gasteiger partial charge in [-0.15, -0.1) is 11.3 Å². The standard InChI is InChI=1S/C17H20F2N4O7S/c1-7(24)13(14(18)19)30-23-15(28)8(17(23,2)3)4-10(25)12(22-29-5-11(26)27)9-6-31-16(20)21-9/h6,8,13-14H,4-5H2,1-3H3,(H2,20,21)(H,26,27)/b22-12-/t8-,13?/m1/s1. The molecule has 1 aromatic heterocycles. The van der Waals surface area contributed by atoms with Crippen molar-refractivity contribution in [1.29, 1.82) is 0 Å². The predicted molar refractivity (Wildman–Crippen MR) is 102 cm³/mol. The normalized spacial score (nSPS) is 19.2. The second kappa shape index (κ2) is 9.43. The van der Waals surface area contributed by atoms with Crippen LogP contribution in [0.15, 0.2) is 10.5 Å². The summed E-state index contributed by atoms with van der Waals surface area (Å²) in [6.07, 6.45) is -5.67. The van der Waals surface area contributed by atoms with Gasteiger partial charge in [0.25, 0.3) is 12.3 Å². The Labute approximate surface area is 178 Å². The second-order valence-electron chi connectivity index (χ2n) is 7.12. The average Bonchev–Trinajstić information content (AvgIpc) is 3.08. The van der Waals surface area contributed by atoms with Crippen LogP contribution in [0.2, 0.25) is 0 Å². The van der Waals surface area contributed by atoms with Gasteiger partial charge in [0.2, 0.25) is 12.7 Å². The first-order valence-corrected chi connectivity index (χ1v) is 9.70. The highest BCUT2D eigenvalue weighted by molar-refractivity contribution is 7.13. The smallest absolute Gasteiger partial charge is 0.344 e. The van der Waals surface area contributed by atoms with E-state index < -0.39 is 60.5 Å². The van der Waals surface area contributed by atoms with Gasteiger partial charge in [0.05, 0.1) is 11.5 Å². The van der Waals surface area contributed by atoms with Gasteiger partial charge in [0.15, 0.2) is 22.4 Å². The molecule has 2 atom stereocenters. The van der Waals surface area contributed by atoms with Crippen LogP contribution in [0, 0.1) is 5.92 Å². The monoisotopic (exact) mass is 462 g/mol. The largest absolute Gasteiger partial charge is 0.479 e. The van der Waals surface area contributed by atoms with Crippen molar-refractivity contribution in [3.05, 3.63) is 11.1 Å². The summed E-state index contributed by atoms with van der Waals surface area (Å²) in [5, 5.41) is 14.4. The summed E-state index contributed by atoms with van der Waals surface area (Å²) in [5.41, 5.74) is 4.05. The molecule has 1 aromatic rings. The fourth-order valence-corrected chi connectivity index (χ4v) is 3.36. The van der Waals surface area contributed by atoms with Crippen LogP contribution >= 0.6 is 11.3 Å². The van der Waals surface area contributed by atoms with E-state index in [2.05, 4.69) is 15.0 Å². The zero-order chi connectivity index (χ0) is 23.5. The number of halogens is 2. The van der Waals surface area contributed by atoms with Crippen molar-refractivity contribution in [2.45, 2.75) is 45.3 Å². The number of nitrogens with two attached hydrogens (primary N) is 1. The molecule has 1 saturated heterocycles. The van der Waals surface area contributed by atoms with E-state index in [0.717, 1.165) is 18.3 Å². The summed E-state index contributed by atoms with van der Waals surface area (Å²) >= 11 is 1.01. The number of ketones is 2. The number of anilines is 1. The molecular weight excluding hydrogens is 442 g/mol. The van der Waals surface area contributed by atoms with Gasteiger partial charge in [0.1, 0.15) is 5.69 Å². The molecule has 2 heterocycles. The molecule has 31 heavy (non-hydrogen) atoms. The molecular formula is C17H20F2N4O7S. The minimum absolute atomic E-state index is 0.0323. The number of oxime groups is 1. The number of Topliss-reactive ketones (excluding diaryl/α,β-unsaturated/α-hetero) is 2. The molecule has 0 spiro atoms. The van der Waals surface area contributed by atoms with E-state index in [-0.39, 0.29) is 16.5 Å². The highest BCUT2D eigenvalue weighted by Crippen LogP contribution is 2.41. The molecule has 1 amide bonds. The molecule has 1 fully saturated rings. The van der Waals surface area contributed by atoms with E-state index in [1.54, 1.807) is 0 Å². The number of carboxylic acids is 1. The number of rotatable bonds is 11. The Morgan fingerprint density at radius 2 is 2.06 bits per heavy atom. The Morgan fingerprint density at radius 1 is 1.42 bits per heavy atom. The van der Waals surface area contributed by atoms with Crippen LogP contribution in [0.3, 0.4) is 0 Å². The molecule has 1 unspecified atom stereocenters. The maximum Gasteiger partial charge on any atom is 0.344 e. The third-order valence-electron chi connectivity index (χ3n) is 4.49. The number of nitrogen functional groups attached to an aromatic ring is 1. The molecule has 1 aliphatic heterocycles. The maximum atomic E-state index is 13.0. The predicted octanol–water partition coefficient (Wildman–Crippen LogP) is 0.881. The first-order valence-electron chi connectivity index (χ1n) is 8.82. The quantitative estimate of drug-likeness (QED) is 0.276. The van der Waals surface area contributed by atoms with Crippen LogP contribution in [0.25, 0.3) is 0 Å². The number of alkyl halides is 2. The van der Waals surface area contributed by atoms with E-state index >= 15 is 0 Å². The Balaban J connectivity index is 2.17. The molecule has 0 aliphatic carbocycles. The fraction of sp³-hybridized carbons (Fsp3) is 0.529. The lowest BCUT2D eigenvalue weighted by Gasteiger charge is -2.52. The molecule has 0 radical (unpaired) electrons. The number of nitrogens with zero attached hydrogens (tertiary/aromatic N) is 3. The minimum atomic E-state index is -3.14. The summed E-state index contributed by atoms with van der Waals surface area (Å²) in [4.78, 5) is 60.7. The van der Waals surface area contributed by atoms with Gasteiger partial charge in [-0.05, 0) is 20.8 Å². The van der Waals surface area contributed by atoms with Crippen LogP contribution in [-0.2, 0) is 28.9 Å². The van der Waals surface area contributed by atoms with E-state index in [4.69, 9.17) is 15.7 Å². The van der Waals surface area contributed by atoms with E-state index in [0.29, 0.717) is 5.06 Å². The highest BCUT2D eigenvalue weighted by atomic mass is 32.1.